The summed E-state index contributed by atoms with van der Waals surface area (Å²) in [5, 5.41) is 10.1. The SMILES string of the molecule is C=CCOC(=O)[C@@H]1[C@H]2C(=O)N(CCO)C(C(=O)N(CC=C)c3ccccc3Cl)C23CC[C@@]1(CC)O3. The van der Waals surface area contributed by atoms with E-state index in [1.807, 2.05) is 6.92 Å². The van der Waals surface area contributed by atoms with Gasteiger partial charge in [-0.3, -0.25) is 14.4 Å². The second-order valence-corrected chi connectivity index (χ2v) is 9.60. The molecule has 1 aromatic rings. The lowest BCUT2D eigenvalue weighted by Gasteiger charge is -2.36. The van der Waals surface area contributed by atoms with Crippen LogP contribution < -0.4 is 4.90 Å². The molecule has 1 N–H and O–H groups in total. The number of rotatable bonds is 10. The summed E-state index contributed by atoms with van der Waals surface area (Å²) in [6.45, 7) is 9.06. The Hall–Kier alpha value is -2.68. The van der Waals surface area contributed by atoms with Crippen molar-refractivity contribution in [3.8, 4) is 0 Å². The van der Waals surface area contributed by atoms with Crippen LogP contribution in [-0.2, 0) is 23.9 Å². The number of hydrogen-bond acceptors (Lipinski definition) is 6. The molecule has 3 heterocycles. The van der Waals surface area contributed by atoms with Crippen LogP contribution in [0.1, 0.15) is 26.2 Å². The maximum atomic E-state index is 14.2. The Bertz CT molecular complexity index is 1050. The third-order valence-corrected chi connectivity index (χ3v) is 7.89. The highest BCUT2D eigenvalue weighted by atomic mass is 35.5. The summed E-state index contributed by atoms with van der Waals surface area (Å²) < 4.78 is 12.0. The number of carbonyl (C=O) groups is 3. The van der Waals surface area contributed by atoms with Gasteiger partial charge in [0.2, 0.25) is 5.91 Å². The largest absolute Gasteiger partial charge is 0.461 e. The van der Waals surface area contributed by atoms with Gasteiger partial charge in [0.05, 0.1) is 28.8 Å². The van der Waals surface area contributed by atoms with Crippen molar-refractivity contribution in [3.63, 3.8) is 0 Å². The maximum Gasteiger partial charge on any atom is 0.313 e. The molecule has 2 bridgehead atoms. The molecular weight excluding hydrogens is 472 g/mol. The Kier molecular flexibility index (Phi) is 7.09. The van der Waals surface area contributed by atoms with E-state index in [0.717, 1.165) is 0 Å². The third kappa shape index (κ3) is 3.79. The first kappa shape index (κ1) is 25.4. The molecule has 9 heteroatoms. The van der Waals surface area contributed by atoms with E-state index in [2.05, 4.69) is 13.2 Å². The van der Waals surface area contributed by atoms with E-state index in [9.17, 15) is 19.5 Å². The number of benzene rings is 1. The number of anilines is 1. The summed E-state index contributed by atoms with van der Waals surface area (Å²) in [6.07, 6.45) is 4.50. The number of aliphatic hydroxyl groups excluding tert-OH is 1. The van der Waals surface area contributed by atoms with Crippen LogP contribution in [0, 0.1) is 11.8 Å². The van der Waals surface area contributed by atoms with Crippen molar-refractivity contribution in [2.45, 2.75) is 43.4 Å². The number of hydrogen-bond donors (Lipinski definition) is 1. The lowest BCUT2D eigenvalue weighted by atomic mass is 9.65. The van der Waals surface area contributed by atoms with Gasteiger partial charge in [-0.1, -0.05) is 49.4 Å². The van der Waals surface area contributed by atoms with E-state index in [4.69, 9.17) is 21.1 Å². The highest BCUT2D eigenvalue weighted by molar-refractivity contribution is 6.34. The minimum atomic E-state index is -1.21. The number of nitrogens with zero attached hydrogens (tertiary/aromatic N) is 2. The summed E-state index contributed by atoms with van der Waals surface area (Å²) in [5.74, 6) is -3.04. The average molecular weight is 503 g/mol. The normalized spacial score (nSPS) is 30.8. The van der Waals surface area contributed by atoms with Gasteiger partial charge in [-0.25, -0.2) is 0 Å². The molecule has 3 aliphatic heterocycles. The molecule has 0 aromatic heterocycles. The smallest absolute Gasteiger partial charge is 0.313 e. The fourth-order valence-electron chi connectivity index (χ4n) is 6.19. The Morgan fingerprint density at radius 1 is 1.31 bits per heavy atom. The van der Waals surface area contributed by atoms with Crippen molar-refractivity contribution in [1.29, 1.82) is 0 Å². The van der Waals surface area contributed by atoms with Crippen LogP contribution in [0.3, 0.4) is 0 Å². The van der Waals surface area contributed by atoms with Gasteiger partial charge < -0.3 is 24.4 Å². The van der Waals surface area contributed by atoms with Crippen LogP contribution in [0.5, 0.6) is 0 Å². The fourth-order valence-corrected chi connectivity index (χ4v) is 6.43. The molecule has 1 aromatic carbocycles. The molecule has 188 valence electrons. The second-order valence-electron chi connectivity index (χ2n) is 9.20. The molecule has 8 nitrogen and oxygen atoms in total. The molecule has 35 heavy (non-hydrogen) atoms. The molecular formula is C26H31ClN2O6. The number of halogens is 1. The van der Waals surface area contributed by atoms with Crippen molar-refractivity contribution in [2.75, 3.05) is 31.2 Å². The number of ether oxygens (including phenoxy) is 2. The van der Waals surface area contributed by atoms with Crippen LogP contribution in [-0.4, -0.2) is 71.3 Å². The molecule has 2 unspecified atom stereocenters. The summed E-state index contributed by atoms with van der Waals surface area (Å²) in [5.41, 5.74) is -1.62. The zero-order valence-electron chi connectivity index (χ0n) is 19.8. The Labute approximate surface area is 210 Å². The van der Waals surface area contributed by atoms with Gasteiger partial charge in [0.15, 0.2) is 0 Å². The standard InChI is InChI=1S/C26H31ClN2O6/c1-4-13-28(18-10-8-7-9-17(18)27)23(32)21-26-12-11-25(6-3,35-26)20(24(33)34-16-5-2)19(26)22(31)29(21)14-15-30/h4-5,7-10,19-21,30H,1-2,6,11-16H2,3H3/t19-,20-,21?,25+,26?/m0/s1. The predicted octanol–water partition coefficient (Wildman–Crippen LogP) is 2.74. The summed E-state index contributed by atoms with van der Waals surface area (Å²) >= 11 is 6.43. The summed E-state index contributed by atoms with van der Waals surface area (Å²) in [7, 11) is 0. The third-order valence-electron chi connectivity index (χ3n) is 7.57. The highest BCUT2D eigenvalue weighted by Gasteiger charge is 2.79. The molecule has 1 spiro atoms. The summed E-state index contributed by atoms with van der Waals surface area (Å²) in [6, 6.07) is 5.91. The first-order valence-electron chi connectivity index (χ1n) is 11.9. The van der Waals surface area contributed by atoms with E-state index >= 15 is 0 Å². The number of para-hydroxylation sites is 1. The van der Waals surface area contributed by atoms with Crippen molar-refractivity contribution < 1.29 is 29.0 Å². The number of aliphatic hydroxyl groups is 1. The topological polar surface area (TPSA) is 96.4 Å². The summed E-state index contributed by atoms with van der Waals surface area (Å²) in [4.78, 5) is 44.0. The number of likely N-dealkylation sites (tertiary alicyclic amines) is 1. The van der Waals surface area contributed by atoms with Gasteiger partial charge in [0, 0.05) is 13.1 Å². The van der Waals surface area contributed by atoms with Crippen LogP contribution in [0.15, 0.2) is 49.6 Å². The highest BCUT2D eigenvalue weighted by Crippen LogP contribution is 2.64. The minimum Gasteiger partial charge on any atom is -0.461 e. The van der Waals surface area contributed by atoms with Crippen molar-refractivity contribution in [3.05, 3.63) is 54.6 Å². The van der Waals surface area contributed by atoms with Gasteiger partial charge in [-0.15, -0.1) is 6.58 Å². The van der Waals surface area contributed by atoms with Gasteiger partial charge in [-0.05, 0) is 31.4 Å². The Balaban J connectivity index is 1.81. The van der Waals surface area contributed by atoms with Gasteiger partial charge in [0.1, 0.15) is 24.2 Å². The zero-order valence-corrected chi connectivity index (χ0v) is 20.6. The number of fused-ring (bicyclic) bond motifs is 1. The Morgan fingerprint density at radius 2 is 2.06 bits per heavy atom. The molecule has 3 saturated heterocycles. The molecule has 5 atom stereocenters. The molecule has 2 amide bonds. The second kappa shape index (κ2) is 9.76. The predicted molar refractivity (Wildman–Crippen MR) is 131 cm³/mol. The van der Waals surface area contributed by atoms with E-state index in [1.165, 1.54) is 15.9 Å². The van der Waals surface area contributed by atoms with Crippen LogP contribution in [0.25, 0.3) is 0 Å². The first-order chi connectivity index (χ1) is 16.8. The monoisotopic (exact) mass is 502 g/mol. The number of carbonyl (C=O) groups excluding carboxylic acids is 3. The average Bonchev–Trinajstić information content (AvgIpc) is 3.45. The van der Waals surface area contributed by atoms with E-state index < -0.39 is 41.0 Å². The van der Waals surface area contributed by atoms with Crippen molar-refractivity contribution in [1.82, 2.24) is 4.90 Å². The molecule has 3 aliphatic rings. The lowest BCUT2D eigenvalue weighted by Crippen LogP contribution is -2.57. The first-order valence-corrected chi connectivity index (χ1v) is 12.3. The van der Waals surface area contributed by atoms with E-state index in [1.54, 1.807) is 30.3 Å². The molecule has 3 fully saturated rings. The van der Waals surface area contributed by atoms with Crippen molar-refractivity contribution >= 4 is 35.1 Å². The molecule has 4 rings (SSSR count). The Morgan fingerprint density at radius 3 is 2.69 bits per heavy atom. The fraction of sp³-hybridized carbons (Fsp3) is 0.500. The van der Waals surface area contributed by atoms with Crippen LogP contribution in [0.2, 0.25) is 5.02 Å². The van der Waals surface area contributed by atoms with Crippen LogP contribution in [0.4, 0.5) is 5.69 Å². The number of β-amino-alcohol motifs (C(OH)–C–C–N with tert-alkyl or cyclic N) is 1. The van der Waals surface area contributed by atoms with Crippen molar-refractivity contribution in [2.24, 2.45) is 11.8 Å². The van der Waals surface area contributed by atoms with Gasteiger partial charge in [-0.2, -0.15) is 0 Å². The quantitative estimate of drug-likeness (QED) is 0.390. The molecule has 0 aliphatic carbocycles. The van der Waals surface area contributed by atoms with Crippen LogP contribution >= 0.6 is 11.6 Å². The lowest BCUT2D eigenvalue weighted by molar-refractivity contribution is -0.160. The van der Waals surface area contributed by atoms with Gasteiger partial charge in [0.25, 0.3) is 5.91 Å². The number of amides is 2. The molecule has 0 radical (unpaired) electrons. The number of esters is 1. The van der Waals surface area contributed by atoms with E-state index in [-0.39, 0.29) is 32.2 Å². The zero-order chi connectivity index (χ0) is 25.4. The minimum absolute atomic E-state index is 0.0192. The molecule has 0 saturated carbocycles. The maximum absolute atomic E-state index is 14.2. The van der Waals surface area contributed by atoms with Gasteiger partial charge >= 0.3 is 5.97 Å². The van der Waals surface area contributed by atoms with E-state index in [0.29, 0.717) is 30.0 Å².